The van der Waals surface area contributed by atoms with E-state index in [4.69, 9.17) is 5.11 Å². The summed E-state index contributed by atoms with van der Waals surface area (Å²) in [5.41, 5.74) is 0. The normalized spacial score (nSPS) is 11.6. The van der Waals surface area contributed by atoms with Crippen molar-refractivity contribution in [2.75, 3.05) is 6.26 Å². The lowest BCUT2D eigenvalue weighted by molar-refractivity contribution is -0.138. The maximum absolute atomic E-state index is 11.3. The Kier molecular flexibility index (Phi) is 3.82. The van der Waals surface area contributed by atoms with E-state index in [2.05, 4.69) is 20.5 Å². The van der Waals surface area contributed by atoms with Crippen molar-refractivity contribution in [3.05, 3.63) is 6.20 Å². The highest BCUT2D eigenvalue weighted by Crippen LogP contribution is 2.31. The number of carbonyl (C=O) groups is 1. The van der Waals surface area contributed by atoms with Crippen LogP contribution in [0.25, 0.3) is 0 Å². The molecule has 102 valence electrons. The van der Waals surface area contributed by atoms with Crippen LogP contribution in [0.4, 0.5) is 0 Å². The predicted octanol–water partition coefficient (Wildman–Crippen LogP) is -0.231. The van der Waals surface area contributed by atoms with E-state index < -0.39 is 15.8 Å². The standard InChI is InChI=1S/C7H7N5O4S3/c1-19(15,16)5-2-8-7(17-5)18-6-9-10-11-12(6)3-4(13)14/h2H,3H2,1H3,(H,13,14). The second-order valence-electron chi connectivity index (χ2n) is 3.33. The molecule has 2 heterocycles. The number of hydrogen-bond donors (Lipinski definition) is 1. The van der Waals surface area contributed by atoms with Crippen molar-refractivity contribution in [3.63, 3.8) is 0 Å². The summed E-state index contributed by atoms with van der Waals surface area (Å²) in [6.07, 6.45) is 2.33. The third kappa shape index (κ3) is 3.48. The predicted molar refractivity (Wildman–Crippen MR) is 64.8 cm³/mol. The van der Waals surface area contributed by atoms with Crippen LogP contribution in [0.2, 0.25) is 0 Å². The number of carboxylic acid groups (broad SMARTS) is 1. The molecule has 0 aliphatic heterocycles. The smallest absolute Gasteiger partial charge is 0.325 e. The van der Waals surface area contributed by atoms with Gasteiger partial charge in [0.2, 0.25) is 5.16 Å². The number of aliphatic carboxylic acids is 1. The lowest BCUT2D eigenvalue weighted by Gasteiger charge is -1.97. The Morgan fingerprint density at radius 1 is 1.58 bits per heavy atom. The van der Waals surface area contributed by atoms with E-state index in [9.17, 15) is 13.2 Å². The summed E-state index contributed by atoms with van der Waals surface area (Å²) in [5.74, 6) is -1.08. The first kappa shape index (κ1) is 13.9. The molecule has 0 saturated carbocycles. The molecule has 0 radical (unpaired) electrons. The molecule has 0 saturated heterocycles. The molecule has 0 unspecified atom stereocenters. The number of tetrazole rings is 1. The summed E-state index contributed by atoms with van der Waals surface area (Å²) in [6.45, 7) is -0.375. The fraction of sp³-hybridized carbons (Fsp3) is 0.286. The molecule has 2 rings (SSSR count). The van der Waals surface area contributed by atoms with Crippen molar-refractivity contribution < 1.29 is 18.3 Å². The third-order valence-corrected chi connectivity index (χ3v) is 5.63. The number of rotatable bonds is 5. The molecule has 0 aromatic carbocycles. The number of aromatic nitrogens is 5. The lowest BCUT2D eigenvalue weighted by Crippen LogP contribution is -2.11. The maximum atomic E-state index is 11.3. The summed E-state index contributed by atoms with van der Waals surface area (Å²) in [5, 5.41) is 19.4. The van der Waals surface area contributed by atoms with Crippen molar-refractivity contribution in [1.82, 2.24) is 25.2 Å². The second-order valence-corrected chi connectivity index (χ2v) is 7.82. The van der Waals surface area contributed by atoms with E-state index in [-0.39, 0.29) is 15.9 Å². The van der Waals surface area contributed by atoms with Crippen molar-refractivity contribution in [2.24, 2.45) is 0 Å². The number of hydrogen-bond acceptors (Lipinski definition) is 9. The van der Waals surface area contributed by atoms with Crippen LogP contribution in [0.15, 0.2) is 19.9 Å². The second kappa shape index (κ2) is 5.22. The Bertz CT molecular complexity index is 706. The van der Waals surface area contributed by atoms with Crippen molar-refractivity contribution >= 4 is 38.9 Å². The molecular weight excluding hydrogens is 314 g/mol. The summed E-state index contributed by atoms with van der Waals surface area (Å²) >= 11 is 1.98. The summed E-state index contributed by atoms with van der Waals surface area (Å²) in [7, 11) is -3.30. The Morgan fingerprint density at radius 2 is 2.32 bits per heavy atom. The molecular formula is C7H7N5O4S3. The molecule has 19 heavy (non-hydrogen) atoms. The van der Waals surface area contributed by atoms with Gasteiger partial charge in [-0.1, -0.05) is 11.3 Å². The van der Waals surface area contributed by atoms with Crippen LogP contribution >= 0.6 is 23.1 Å². The van der Waals surface area contributed by atoms with Gasteiger partial charge in [0.05, 0.1) is 6.20 Å². The maximum Gasteiger partial charge on any atom is 0.325 e. The molecule has 0 fully saturated rings. The van der Waals surface area contributed by atoms with Gasteiger partial charge in [-0.15, -0.1) is 5.10 Å². The largest absolute Gasteiger partial charge is 0.480 e. The first-order chi connectivity index (χ1) is 8.86. The molecule has 0 spiro atoms. The molecule has 9 nitrogen and oxygen atoms in total. The first-order valence-electron chi connectivity index (χ1n) is 4.68. The zero-order chi connectivity index (χ0) is 14.0. The summed E-state index contributed by atoms with van der Waals surface area (Å²) in [6, 6.07) is 0. The van der Waals surface area contributed by atoms with Crippen molar-refractivity contribution in [2.45, 2.75) is 20.3 Å². The average molecular weight is 321 g/mol. The Hall–Kier alpha value is -1.53. The molecule has 0 amide bonds. The van der Waals surface area contributed by atoms with Gasteiger partial charge in [-0.2, -0.15) is 0 Å². The average Bonchev–Trinajstić information content (AvgIpc) is 2.88. The van der Waals surface area contributed by atoms with E-state index in [0.717, 1.165) is 34.0 Å². The quantitative estimate of drug-likeness (QED) is 0.793. The van der Waals surface area contributed by atoms with E-state index in [1.807, 2.05) is 0 Å². The number of thiazole rings is 1. The fourth-order valence-corrected chi connectivity index (χ4v) is 3.87. The van der Waals surface area contributed by atoms with Gasteiger partial charge in [-0.25, -0.2) is 18.1 Å². The molecule has 0 bridgehead atoms. The van der Waals surface area contributed by atoms with Gasteiger partial charge >= 0.3 is 5.97 Å². The van der Waals surface area contributed by atoms with Crippen molar-refractivity contribution in [3.8, 4) is 0 Å². The summed E-state index contributed by atoms with van der Waals surface area (Å²) < 4.78 is 24.2. The SMILES string of the molecule is CS(=O)(=O)c1cnc(Sc2nnnn2CC(=O)O)s1. The van der Waals surface area contributed by atoms with E-state index in [1.54, 1.807) is 0 Å². The molecule has 0 atom stereocenters. The van der Waals surface area contributed by atoms with Gasteiger partial charge in [-0.05, 0) is 22.2 Å². The van der Waals surface area contributed by atoms with Crippen LogP contribution in [-0.4, -0.2) is 50.9 Å². The van der Waals surface area contributed by atoms with Gasteiger partial charge in [0.15, 0.2) is 14.2 Å². The Morgan fingerprint density at radius 3 is 2.89 bits per heavy atom. The molecule has 0 aliphatic rings. The van der Waals surface area contributed by atoms with Gasteiger partial charge < -0.3 is 5.11 Å². The molecule has 0 aliphatic carbocycles. The minimum atomic E-state index is -3.30. The minimum absolute atomic E-state index is 0.132. The number of sulfone groups is 1. The highest BCUT2D eigenvalue weighted by Gasteiger charge is 2.16. The van der Waals surface area contributed by atoms with Crippen LogP contribution in [0.3, 0.4) is 0 Å². The molecule has 1 N–H and O–H groups in total. The van der Waals surface area contributed by atoms with Crippen LogP contribution in [0, 0.1) is 0 Å². The lowest BCUT2D eigenvalue weighted by atomic mass is 10.7. The van der Waals surface area contributed by atoms with Crippen LogP contribution in [0.1, 0.15) is 0 Å². The van der Waals surface area contributed by atoms with Crippen molar-refractivity contribution in [1.29, 1.82) is 0 Å². The number of carboxylic acids is 1. The van der Waals surface area contributed by atoms with Crippen LogP contribution < -0.4 is 0 Å². The van der Waals surface area contributed by atoms with E-state index in [1.165, 1.54) is 6.20 Å². The fourth-order valence-electron chi connectivity index (χ4n) is 1.04. The monoisotopic (exact) mass is 321 g/mol. The zero-order valence-corrected chi connectivity index (χ0v) is 11.9. The zero-order valence-electron chi connectivity index (χ0n) is 9.42. The van der Waals surface area contributed by atoms with Gasteiger partial charge in [0.1, 0.15) is 10.8 Å². The Labute approximate surface area is 115 Å². The summed E-state index contributed by atoms with van der Waals surface area (Å²) in [4.78, 5) is 14.5. The highest BCUT2D eigenvalue weighted by atomic mass is 32.2. The van der Waals surface area contributed by atoms with Gasteiger partial charge in [0.25, 0.3) is 0 Å². The first-order valence-corrected chi connectivity index (χ1v) is 8.20. The van der Waals surface area contributed by atoms with Crippen LogP contribution in [0.5, 0.6) is 0 Å². The molecule has 2 aromatic rings. The van der Waals surface area contributed by atoms with E-state index in [0.29, 0.717) is 4.34 Å². The topological polar surface area (TPSA) is 128 Å². The number of nitrogens with zero attached hydrogens (tertiary/aromatic N) is 5. The third-order valence-electron chi connectivity index (χ3n) is 1.79. The minimum Gasteiger partial charge on any atom is -0.480 e. The van der Waals surface area contributed by atoms with Gasteiger partial charge in [0, 0.05) is 6.26 Å². The highest BCUT2D eigenvalue weighted by molar-refractivity contribution is 8.01. The van der Waals surface area contributed by atoms with Crippen LogP contribution in [-0.2, 0) is 21.2 Å². The van der Waals surface area contributed by atoms with Gasteiger partial charge in [-0.3, -0.25) is 4.79 Å². The molecule has 2 aromatic heterocycles. The van der Waals surface area contributed by atoms with E-state index >= 15 is 0 Å². The Balaban J connectivity index is 2.20. The molecule has 12 heteroatoms.